The Hall–Kier alpha value is -3.12. The van der Waals surface area contributed by atoms with Crippen LogP contribution in [0.5, 0.6) is 11.5 Å². The molecule has 1 aliphatic heterocycles. The maximum atomic E-state index is 11.4. The average Bonchev–Trinajstić information content (AvgIpc) is 2.95. The number of unbranched alkanes of at least 4 members (excludes halogenated alkanes) is 1. The molecule has 1 fully saturated rings. The molecule has 0 saturated carbocycles. The van der Waals surface area contributed by atoms with E-state index in [0.717, 1.165) is 93.4 Å². The molecule has 1 N–H and O–H groups in total. The highest BCUT2D eigenvalue weighted by atomic mass is 16.5. The van der Waals surface area contributed by atoms with Crippen LogP contribution in [0.2, 0.25) is 0 Å². The lowest BCUT2D eigenvalue weighted by Crippen LogP contribution is -2.41. The molecule has 6 nitrogen and oxygen atoms in total. The smallest absolute Gasteiger partial charge is 0.303 e. The van der Waals surface area contributed by atoms with Crippen molar-refractivity contribution in [3.05, 3.63) is 65.9 Å². The maximum absolute atomic E-state index is 11.4. The number of carboxylic acids is 1. The number of para-hydroxylation sites is 1. The van der Waals surface area contributed by atoms with E-state index < -0.39 is 5.97 Å². The molecule has 6 heteroatoms. The Bertz CT molecular complexity index is 1180. The topological polar surface area (TPSA) is 71.9 Å². The van der Waals surface area contributed by atoms with Gasteiger partial charge in [0.2, 0.25) is 0 Å². The molecule has 0 spiro atoms. The van der Waals surface area contributed by atoms with E-state index in [0.29, 0.717) is 11.8 Å². The molecule has 1 aromatic heterocycles. The SMILES string of the molecule is COc1ccc2nccc(CCC[C@@H]3CCN(CCCCc4ccccc4OC)C[C@@H]3CCC(=O)O)c2c1. The van der Waals surface area contributed by atoms with Crippen LogP contribution in [0.3, 0.4) is 0 Å². The number of aromatic nitrogens is 1. The Balaban J connectivity index is 1.28. The van der Waals surface area contributed by atoms with E-state index in [-0.39, 0.29) is 6.42 Å². The number of hydrogen-bond acceptors (Lipinski definition) is 5. The van der Waals surface area contributed by atoms with Crippen molar-refractivity contribution in [3.63, 3.8) is 0 Å². The van der Waals surface area contributed by atoms with Gasteiger partial charge < -0.3 is 19.5 Å². The summed E-state index contributed by atoms with van der Waals surface area (Å²) >= 11 is 0. The van der Waals surface area contributed by atoms with Crippen LogP contribution < -0.4 is 9.47 Å². The van der Waals surface area contributed by atoms with E-state index in [4.69, 9.17) is 9.47 Å². The Morgan fingerprint density at radius 3 is 2.63 bits per heavy atom. The number of likely N-dealkylation sites (tertiary alicyclic amines) is 1. The zero-order valence-corrected chi connectivity index (χ0v) is 22.9. The number of fused-ring (bicyclic) bond motifs is 1. The minimum atomic E-state index is -0.685. The fourth-order valence-electron chi connectivity index (χ4n) is 6.02. The first kappa shape index (κ1) is 27.9. The molecule has 0 unspecified atom stereocenters. The molecule has 3 aromatic rings. The number of nitrogens with zero attached hydrogens (tertiary/aromatic N) is 2. The molecule has 0 radical (unpaired) electrons. The minimum Gasteiger partial charge on any atom is -0.497 e. The van der Waals surface area contributed by atoms with E-state index >= 15 is 0 Å². The molecule has 2 heterocycles. The fraction of sp³-hybridized carbons (Fsp3) is 0.500. The van der Waals surface area contributed by atoms with Crippen LogP contribution in [0.15, 0.2) is 54.7 Å². The van der Waals surface area contributed by atoms with Crippen molar-refractivity contribution in [2.75, 3.05) is 33.9 Å². The summed E-state index contributed by atoms with van der Waals surface area (Å²) in [6.45, 7) is 3.20. The van der Waals surface area contributed by atoms with Crippen molar-refractivity contribution in [3.8, 4) is 11.5 Å². The third-order valence-electron chi connectivity index (χ3n) is 8.13. The predicted molar refractivity (Wildman–Crippen MR) is 152 cm³/mol. The van der Waals surface area contributed by atoms with Gasteiger partial charge >= 0.3 is 5.97 Å². The van der Waals surface area contributed by atoms with E-state index in [2.05, 4.69) is 34.1 Å². The van der Waals surface area contributed by atoms with Crippen molar-refractivity contribution in [1.82, 2.24) is 9.88 Å². The van der Waals surface area contributed by atoms with Gasteiger partial charge in [0.1, 0.15) is 11.5 Å². The second-order valence-electron chi connectivity index (χ2n) is 10.6. The zero-order chi connectivity index (χ0) is 26.7. The van der Waals surface area contributed by atoms with Gasteiger partial charge in [0.25, 0.3) is 0 Å². The number of methoxy groups -OCH3 is 2. The Morgan fingerprint density at radius 1 is 0.974 bits per heavy atom. The van der Waals surface area contributed by atoms with Crippen molar-refractivity contribution in [2.24, 2.45) is 11.8 Å². The standard InChI is InChI=1S/C32H42N2O4/c1-37-28-14-15-30-29(22-28)25(17-19-33-30)11-7-10-24-18-21-34(23-27(24)13-16-32(35)36)20-6-5-9-26-8-3-4-12-31(26)38-2/h3-4,8,12,14-15,17,19,22,24,27H,5-7,9-11,13,16,18,20-21,23H2,1-2H3,(H,35,36)/t24-,27+/m1/s1. The summed E-state index contributed by atoms with van der Waals surface area (Å²) in [5.41, 5.74) is 3.58. The fourth-order valence-corrected chi connectivity index (χ4v) is 6.02. The van der Waals surface area contributed by atoms with Gasteiger partial charge in [-0.2, -0.15) is 0 Å². The van der Waals surface area contributed by atoms with Crippen LogP contribution in [0.25, 0.3) is 10.9 Å². The summed E-state index contributed by atoms with van der Waals surface area (Å²) in [7, 11) is 3.43. The number of aliphatic carboxylic acids is 1. The molecule has 4 rings (SSSR count). The number of ether oxygens (including phenoxy) is 2. The monoisotopic (exact) mass is 518 g/mol. The highest BCUT2D eigenvalue weighted by molar-refractivity contribution is 5.83. The number of piperidine rings is 1. The lowest BCUT2D eigenvalue weighted by molar-refractivity contribution is -0.137. The van der Waals surface area contributed by atoms with Crippen LogP contribution in [-0.4, -0.2) is 54.8 Å². The average molecular weight is 519 g/mol. The van der Waals surface area contributed by atoms with Gasteiger partial charge in [-0.15, -0.1) is 0 Å². The first-order valence-corrected chi connectivity index (χ1v) is 14.0. The second-order valence-corrected chi connectivity index (χ2v) is 10.6. The van der Waals surface area contributed by atoms with Gasteiger partial charge in [-0.3, -0.25) is 9.78 Å². The van der Waals surface area contributed by atoms with Gasteiger partial charge in [0.15, 0.2) is 0 Å². The van der Waals surface area contributed by atoms with Gasteiger partial charge in [-0.25, -0.2) is 0 Å². The van der Waals surface area contributed by atoms with Crippen LogP contribution in [-0.2, 0) is 17.6 Å². The van der Waals surface area contributed by atoms with E-state index in [1.807, 2.05) is 30.5 Å². The predicted octanol–water partition coefficient (Wildman–Crippen LogP) is 6.40. The van der Waals surface area contributed by atoms with Crippen molar-refractivity contribution in [2.45, 2.75) is 57.8 Å². The number of aryl methyl sites for hydroxylation is 2. The molecule has 0 aliphatic carbocycles. The van der Waals surface area contributed by atoms with Crippen LogP contribution in [0.1, 0.15) is 56.1 Å². The lowest BCUT2D eigenvalue weighted by Gasteiger charge is -2.39. The third kappa shape index (κ3) is 7.70. The Morgan fingerprint density at radius 2 is 1.82 bits per heavy atom. The van der Waals surface area contributed by atoms with E-state index in [1.54, 1.807) is 14.2 Å². The Labute approximate surface area is 227 Å². The van der Waals surface area contributed by atoms with E-state index in [9.17, 15) is 9.90 Å². The first-order chi connectivity index (χ1) is 18.6. The van der Waals surface area contributed by atoms with Crippen molar-refractivity contribution in [1.29, 1.82) is 0 Å². The van der Waals surface area contributed by atoms with Gasteiger partial charge in [0, 0.05) is 24.5 Å². The summed E-state index contributed by atoms with van der Waals surface area (Å²) in [5, 5.41) is 10.5. The van der Waals surface area contributed by atoms with Gasteiger partial charge in [0.05, 0.1) is 19.7 Å². The highest BCUT2D eigenvalue weighted by Gasteiger charge is 2.29. The summed E-state index contributed by atoms with van der Waals surface area (Å²) in [5.74, 6) is 2.18. The highest BCUT2D eigenvalue weighted by Crippen LogP contribution is 2.32. The third-order valence-corrected chi connectivity index (χ3v) is 8.13. The number of hydrogen-bond donors (Lipinski definition) is 1. The van der Waals surface area contributed by atoms with Gasteiger partial charge in [-0.1, -0.05) is 18.2 Å². The molecule has 38 heavy (non-hydrogen) atoms. The maximum Gasteiger partial charge on any atom is 0.303 e. The Kier molecular flexibility index (Phi) is 10.4. The van der Waals surface area contributed by atoms with Crippen molar-refractivity contribution >= 4 is 16.9 Å². The van der Waals surface area contributed by atoms with Crippen LogP contribution in [0.4, 0.5) is 0 Å². The molecular weight excluding hydrogens is 476 g/mol. The molecular formula is C32H42N2O4. The molecule has 1 aliphatic rings. The normalized spacial score (nSPS) is 17.9. The minimum absolute atomic E-state index is 0.262. The number of rotatable bonds is 14. The molecule has 0 amide bonds. The number of pyridine rings is 1. The quantitative estimate of drug-likeness (QED) is 0.249. The molecule has 204 valence electrons. The summed E-state index contributed by atoms with van der Waals surface area (Å²) in [6, 6.07) is 16.4. The van der Waals surface area contributed by atoms with E-state index in [1.165, 1.54) is 11.1 Å². The first-order valence-electron chi connectivity index (χ1n) is 14.0. The molecule has 1 saturated heterocycles. The summed E-state index contributed by atoms with van der Waals surface area (Å²) in [4.78, 5) is 18.4. The molecule has 2 aromatic carbocycles. The largest absolute Gasteiger partial charge is 0.497 e. The second kappa shape index (κ2) is 14.1. The molecule has 0 bridgehead atoms. The number of benzene rings is 2. The number of carboxylic acid groups (broad SMARTS) is 1. The lowest BCUT2D eigenvalue weighted by atomic mass is 9.79. The van der Waals surface area contributed by atoms with Crippen LogP contribution in [0, 0.1) is 11.8 Å². The zero-order valence-electron chi connectivity index (χ0n) is 22.9. The summed E-state index contributed by atoms with van der Waals surface area (Å²) in [6.07, 6.45) is 10.6. The van der Waals surface area contributed by atoms with Gasteiger partial charge in [-0.05, 0) is 118 Å². The summed E-state index contributed by atoms with van der Waals surface area (Å²) < 4.78 is 10.9. The molecule has 2 atom stereocenters. The van der Waals surface area contributed by atoms with Crippen LogP contribution >= 0.6 is 0 Å². The van der Waals surface area contributed by atoms with Crippen molar-refractivity contribution < 1.29 is 19.4 Å². The number of carbonyl (C=O) groups is 1.